The van der Waals surface area contributed by atoms with Gasteiger partial charge in [-0.2, -0.15) is 0 Å². The minimum Gasteiger partial charge on any atom is -0.430 e. The van der Waals surface area contributed by atoms with E-state index in [9.17, 15) is 9.90 Å². The minimum atomic E-state index is -1.14. The summed E-state index contributed by atoms with van der Waals surface area (Å²) in [6, 6.07) is 0. The maximum Gasteiger partial charge on any atom is 0.335 e. The predicted octanol–water partition coefficient (Wildman–Crippen LogP) is 0.978. The summed E-state index contributed by atoms with van der Waals surface area (Å²) in [7, 11) is 0. The fraction of sp³-hybridized carbons (Fsp3) is 0.625. The van der Waals surface area contributed by atoms with Crippen LogP contribution in [-0.4, -0.2) is 16.9 Å². The Morgan fingerprint density at radius 3 is 2.55 bits per heavy atom. The molecule has 62 valence electrons. The Balaban J connectivity index is 2.44. The summed E-state index contributed by atoms with van der Waals surface area (Å²) >= 11 is 0. The highest BCUT2D eigenvalue weighted by atomic mass is 16.7. The molecular formula is C8H12O3. The molecule has 1 aliphatic carbocycles. The lowest BCUT2D eigenvalue weighted by Gasteiger charge is -2.08. The van der Waals surface area contributed by atoms with Crippen molar-refractivity contribution in [3.8, 4) is 0 Å². The molecule has 0 saturated heterocycles. The molecule has 0 unspecified atom stereocenters. The molecule has 0 heterocycles. The van der Waals surface area contributed by atoms with Gasteiger partial charge in [0.2, 0.25) is 5.79 Å². The second kappa shape index (κ2) is 2.66. The molecule has 1 rings (SSSR count). The largest absolute Gasteiger partial charge is 0.430 e. The zero-order valence-electron chi connectivity index (χ0n) is 6.76. The van der Waals surface area contributed by atoms with Gasteiger partial charge in [-0.05, 0) is 13.8 Å². The third-order valence-corrected chi connectivity index (χ3v) is 1.72. The van der Waals surface area contributed by atoms with Gasteiger partial charge in [-0.15, -0.1) is 0 Å². The molecule has 1 N–H and O–H groups in total. The van der Waals surface area contributed by atoms with Crippen LogP contribution in [0.4, 0.5) is 0 Å². The molecule has 0 aromatic carbocycles. The molecule has 0 radical (unpaired) electrons. The number of hydrogen-bond acceptors (Lipinski definition) is 3. The van der Waals surface area contributed by atoms with Crippen molar-refractivity contribution in [3.63, 3.8) is 0 Å². The smallest absolute Gasteiger partial charge is 0.335 e. The first kappa shape index (κ1) is 8.27. The van der Waals surface area contributed by atoms with E-state index in [1.54, 1.807) is 19.9 Å². The lowest BCUT2D eigenvalue weighted by atomic mass is 10.3. The molecule has 3 nitrogen and oxygen atoms in total. The summed E-state index contributed by atoms with van der Waals surface area (Å²) in [5, 5.41) is 9.17. The van der Waals surface area contributed by atoms with Crippen molar-refractivity contribution in [1.29, 1.82) is 0 Å². The van der Waals surface area contributed by atoms with E-state index in [-0.39, 0.29) is 0 Å². The van der Waals surface area contributed by atoms with Gasteiger partial charge < -0.3 is 9.84 Å². The van der Waals surface area contributed by atoms with Crippen molar-refractivity contribution >= 4 is 5.97 Å². The molecule has 0 bridgehead atoms. The van der Waals surface area contributed by atoms with Gasteiger partial charge in [0.15, 0.2) is 0 Å². The van der Waals surface area contributed by atoms with Crippen molar-refractivity contribution in [2.75, 3.05) is 0 Å². The van der Waals surface area contributed by atoms with Crippen LogP contribution in [-0.2, 0) is 9.53 Å². The minimum absolute atomic E-state index is 0.424. The zero-order valence-corrected chi connectivity index (χ0v) is 6.76. The van der Waals surface area contributed by atoms with E-state index in [2.05, 4.69) is 0 Å². The summed E-state index contributed by atoms with van der Waals surface area (Å²) in [6.45, 7) is 3.42. The van der Waals surface area contributed by atoms with Gasteiger partial charge in [-0.1, -0.05) is 6.08 Å². The number of aliphatic hydroxyl groups is 1. The van der Waals surface area contributed by atoms with E-state index in [1.165, 1.54) is 0 Å². The second-order valence-corrected chi connectivity index (χ2v) is 2.81. The predicted molar refractivity (Wildman–Crippen MR) is 39.7 cm³/mol. The van der Waals surface area contributed by atoms with Gasteiger partial charge in [-0.25, -0.2) is 4.79 Å². The molecule has 0 atom stereocenters. The van der Waals surface area contributed by atoms with Crippen LogP contribution in [0.2, 0.25) is 0 Å². The van der Waals surface area contributed by atoms with E-state index in [0.29, 0.717) is 18.4 Å². The number of carbonyl (C=O) groups excluding carboxylic acids is 1. The highest BCUT2D eigenvalue weighted by Crippen LogP contribution is 2.36. The van der Waals surface area contributed by atoms with Crippen LogP contribution in [0.1, 0.15) is 26.7 Å². The number of rotatable bonds is 2. The second-order valence-electron chi connectivity index (χ2n) is 2.81. The van der Waals surface area contributed by atoms with E-state index in [0.717, 1.165) is 0 Å². The van der Waals surface area contributed by atoms with E-state index >= 15 is 0 Å². The molecule has 0 amide bonds. The average Bonchev–Trinajstić information content (AvgIpc) is 2.66. The van der Waals surface area contributed by atoms with Crippen molar-refractivity contribution in [3.05, 3.63) is 11.6 Å². The van der Waals surface area contributed by atoms with Crippen LogP contribution in [0.25, 0.3) is 0 Å². The summed E-state index contributed by atoms with van der Waals surface area (Å²) in [5.74, 6) is -1.56. The quantitative estimate of drug-likeness (QED) is 0.368. The lowest BCUT2D eigenvalue weighted by Crippen LogP contribution is -2.19. The Morgan fingerprint density at radius 1 is 1.64 bits per heavy atom. The highest BCUT2D eigenvalue weighted by molar-refractivity contribution is 5.88. The SMILES string of the molecule is C/C=C(\C)C(=O)OC1(O)CC1. The Hall–Kier alpha value is -0.830. The summed E-state index contributed by atoms with van der Waals surface area (Å²) in [5.41, 5.74) is 0.533. The first-order valence-electron chi connectivity index (χ1n) is 3.66. The van der Waals surface area contributed by atoms with Crippen LogP contribution in [0, 0.1) is 0 Å². The van der Waals surface area contributed by atoms with Crippen LogP contribution in [0.3, 0.4) is 0 Å². The first-order valence-corrected chi connectivity index (χ1v) is 3.66. The Bertz CT molecular complexity index is 201. The van der Waals surface area contributed by atoms with Gasteiger partial charge in [0.05, 0.1) is 0 Å². The van der Waals surface area contributed by atoms with Crippen LogP contribution < -0.4 is 0 Å². The third-order valence-electron chi connectivity index (χ3n) is 1.72. The number of allylic oxidation sites excluding steroid dienone is 1. The number of hydrogen-bond donors (Lipinski definition) is 1. The van der Waals surface area contributed by atoms with Gasteiger partial charge in [-0.3, -0.25) is 0 Å². The number of ether oxygens (including phenoxy) is 1. The van der Waals surface area contributed by atoms with Crippen LogP contribution >= 0.6 is 0 Å². The normalized spacial score (nSPS) is 21.2. The molecular weight excluding hydrogens is 144 g/mol. The van der Waals surface area contributed by atoms with Crippen LogP contribution in [0.5, 0.6) is 0 Å². The van der Waals surface area contributed by atoms with Gasteiger partial charge >= 0.3 is 5.97 Å². The fourth-order valence-corrected chi connectivity index (χ4v) is 0.580. The van der Waals surface area contributed by atoms with Crippen molar-refractivity contribution in [1.82, 2.24) is 0 Å². The Kier molecular flexibility index (Phi) is 2.00. The Morgan fingerprint density at radius 2 is 2.18 bits per heavy atom. The van der Waals surface area contributed by atoms with Crippen molar-refractivity contribution < 1.29 is 14.6 Å². The van der Waals surface area contributed by atoms with E-state index in [1.807, 2.05) is 0 Å². The monoisotopic (exact) mass is 156 g/mol. The molecule has 3 heteroatoms. The number of carbonyl (C=O) groups is 1. The molecule has 0 aromatic rings. The number of esters is 1. The molecule has 0 aromatic heterocycles. The van der Waals surface area contributed by atoms with Crippen molar-refractivity contribution in [2.24, 2.45) is 0 Å². The van der Waals surface area contributed by atoms with Gasteiger partial charge in [0.1, 0.15) is 0 Å². The Labute approximate surface area is 65.7 Å². The zero-order chi connectivity index (χ0) is 8.48. The topological polar surface area (TPSA) is 46.5 Å². The van der Waals surface area contributed by atoms with Crippen molar-refractivity contribution in [2.45, 2.75) is 32.5 Å². The van der Waals surface area contributed by atoms with Gasteiger partial charge in [0, 0.05) is 18.4 Å². The molecule has 1 fully saturated rings. The van der Waals surface area contributed by atoms with E-state index < -0.39 is 11.8 Å². The molecule has 0 aliphatic heterocycles. The summed E-state index contributed by atoms with van der Waals surface area (Å²) < 4.78 is 4.75. The average molecular weight is 156 g/mol. The standard InChI is InChI=1S/C8H12O3/c1-3-6(2)7(9)11-8(10)4-5-8/h3,10H,4-5H2,1-2H3/b6-3+. The summed E-state index contributed by atoms with van der Waals surface area (Å²) in [4.78, 5) is 11.0. The molecule has 0 spiro atoms. The molecule has 1 saturated carbocycles. The molecule has 1 aliphatic rings. The summed E-state index contributed by atoms with van der Waals surface area (Å²) in [6.07, 6.45) is 2.79. The van der Waals surface area contributed by atoms with E-state index in [4.69, 9.17) is 4.74 Å². The molecule has 11 heavy (non-hydrogen) atoms. The maximum atomic E-state index is 11.0. The van der Waals surface area contributed by atoms with Crippen LogP contribution in [0.15, 0.2) is 11.6 Å². The van der Waals surface area contributed by atoms with Gasteiger partial charge in [0.25, 0.3) is 0 Å². The lowest BCUT2D eigenvalue weighted by molar-refractivity contribution is -0.170. The fourth-order valence-electron chi connectivity index (χ4n) is 0.580. The third kappa shape index (κ3) is 2.05. The maximum absolute atomic E-state index is 11.0. The highest BCUT2D eigenvalue weighted by Gasteiger charge is 2.45. The first-order chi connectivity index (χ1) is 5.07.